The molecule has 38 heavy (non-hydrogen) atoms. The lowest BCUT2D eigenvalue weighted by atomic mass is 9.93. The number of amides is 1. The highest BCUT2D eigenvalue weighted by Gasteiger charge is 2.42. The quantitative estimate of drug-likeness (QED) is 0.339. The molecule has 11 heteroatoms. The second-order valence-corrected chi connectivity index (χ2v) is 9.24. The molecule has 10 nitrogen and oxygen atoms in total. The fourth-order valence-electron chi connectivity index (χ4n) is 4.18. The molecule has 0 radical (unpaired) electrons. The van der Waals surface area contributed by atoms with Crippen molar-refractivity contribution in [1.82, 2.24) is 15.2 Å². The van der Waals surface area contributed by atoms with Gasteiger partial charge in [-0.2, -0.15) is 0 Å². The minimum atomic E-state index is -0.636. The average Bonchev–Trinajstić information content (AvgIpc) is 3.33. The van der Waals surface area contributed by atoms with Crippen LogP contribution in [0.5, 0.6) is 11.5 Å². The predicted molar refractivity (Wildman–Crippen MR) is 143 cm³/mol. The van der Waals surface area contributed by atoms with Gasteiger partial charge in [-0.25, -0.2) is 9.79 Å². The van der Waals surface area contributed by atoms with E-state index in [4.69, 9.17) is 18.9 Å². The van der Waals surface area contributed by atoms with E-state index in [0.29, 0.717) is 45.7 Å². The van der Waals surface area contributed by atoms with Crippen molar-refractivity contribution in [3.63, 3.8) is 0 Å². The number of amidine groups is 1. The Morgan fingerprint density at radius 1 is 1.11 bits per heavy atom. The van der Waals surface area contributed by atoms with Gasteiger partial charge in [0.1, 0.15) is 18.1 Å². The molecule has 200 valence electrons. The summed E-state index contributed by atoms with van der Waals surface area (Å²) < 4.78 is 21.6. The van der Waals surface area contributed by atoms with Gasteiger partial charge in [0.2, 0.25) is 5.91 Å². The van der Waals surface area contributed by atoms with E-state index in [1.165, 1.54) is 18.9 Å². The molecule has 0 unspecified atom stereocenters. The molecule has 1 amide bonds. The summed E-state index contributed by atoms with van der Waals surface area (Å²) in [5.41, 5.74) is 3.06. The van der Waals surface area contributed by atoms with Gasteiger partial charge in [-0.3, -0.25) is 9.78 Å². The van der Waals surface area contributed by atoms with Gasteiger partial charge in [-0.1, -0.05) is 17.8 Å². The number of carbonyl (C=O) groups excluding carboxylic acids is 2. The van der Waals surface area contributed by atoms with Crippen LogP contribution in [0.15, 0.2) is 70.0 Å². The maximum atomic E-state index is 13.4. The Balaban J connectivity index is 1.66. The van der Waals surface area contributed by atoms with Crippen molar-refractivity contribution < 1.29 is 28.5 Å². The zero-order chi connectivity index (χ0) is 27.1. The topological polar surface area (TPSA) is 112 Å². The lowest BCUT2D eigenvalue weighted by Gasteiger charge is -2.36. The number of thioether (sulfide) groups is 1. The molecule has 1 atom stereocenters. The second kappa shape index (κ2) is 12.6. The van der Waals surface area contributed by atoms with E-state index in [9.17, 15) is 9.59 Å². The third kappa shape index (κ3) is 6.00. The molecule has 0 saturated carbocycles. The fourth-order valence-corrected chi connectivity index (χ4v) is 5.15. The van der Waals surface area contributed by atoms with Crippen LogP contribution in [-0.2, 0) is 25.6 Å². The molecule has 0 fully saturated rings. The lowest BCUT2D eigenvalue weighted by Crippen LogP contribution is -2.38. The minimum absolute atomic E-state index is 0.0822. The van der Waals surface area contributed by atoms with Gasteiger partial charge in [0, 0.05) is 30.6 Å². The first-order chi connectivity index (χ1) is 18.5. The summed E-state index contributed by atoms with van der Waals surface area (Å²) in [7, 11) is 4.67. The first-order valence-electron chi connectivity index (χ1n) is 12.0. The molecular formula is C27H30N4O6S. The van der Waals surface area contributed by atoms with Gasteiger partial charge >= 0.3 is 5.97 Å². The Labute approximate surface area is 225 Å². The van der Waals surface area contributed by atoms with Gasteiger partial charge in [-0.15, -0.1) is 0 Å². The van der Waals surface area contributed by atoms with Crippen LogP contribution in [0, 0.1) is 0 Å². The highest BCUT2D eigenvalue weighted by molar-refractivity contribution is 8.16. The van der Waals surface area contributed by atoms with Crippen LogP contribution in [0.25, 0.3) is 0 Å². The minimum Gasteiger partial charge on any atom is -0.497 e. The molecule has 1 N–H and O–H groups in total. The summed E-state index contributed by atoms with van der Waals surface area (Å²) in [6, 6.07) is 10.3. The molecule has 4 rings (SSSR count). The first-order valence-corrected chi connectivity index (χ1v) is 12.8. The van der Waals surface area contributed by atoms with Crippen molar-refractivity contribution in [2.75, 3.05) is 34.5 Å². The number of carbonyl (C=O) groups is 2. The number of benzene rings is 1. The van der Waals surface area contributed by atoms with Gasteiger partial charge in [0.25, 0.3) is 0 Å². The van der Waals surface area contributed by atoms with Crippen molar-refractivity contribution in [2.24, 2.45) is 4.99 Å². The second-order valence-electron chi connectivity index (χ2n) is 8.40. The van der Waals surface area contributed by atoms with Gasteiger partial charge in [-0.05, 0) is 36.6 Å². The number of allylic oxidation sites excluding steroid dienone is 1. The number of nitrogens with one attached hydrogen (secondary N) is 1. The Kier molecular flexibility index (Phi) is 9.03. The first kappa shape index (κ1) is 27.2. The van der Waals surface area contributed by atoms with Gasteiger partial charge in [0.05, 0.1) is 56.8 Å². The van der Waals surface area contributed by atoms with E-state index >= 15 is 0 Å². The monoisotopic (exact) mass is 538 g/mol. The zero-order valence-corrected chi connectivity index (χ0v) is 22.5. The van der Waals surface area contributed by atoms with Crippen molar-refractivity contribution in [3.8, 4) is 11.5 Å². The van der Waals surface area contributed by atoms with E-state index in [1.807, 2.05) is 34.6 Å². The SMILES string of the molecule is COCCOC(=O)C1=C(C)N=C2SC=C(CC(=O)NCc3ccccn3)N2[C@@H]1c1ccc(OC)cc1OC. The van der Waals surface area contributed by atoms with Crippen molar-refractivity contribution in [3.05, 3.63) is 76.2 Å². The number of rotatable bonds is 11. The van der Waals surface area contributed by atoms with Crippen molar-refractivity contribution >= 4 is 28.8 Å². The number of esters is 1. The Morgan fingerprint density at radius 3 is 2.66 bits per heavy atom. The van der Waals surface area contributed by atoms with Crippen molar-refractivity contribution in [2.45, 2.75) is 25.9 Å². The van der Waals surface area contributed by atoms with Crippen LogP contribution >= 0.6 is 11.8 Å². The zero-order valence-electron chi connectivity index (χ0n) is 21.7. The maximum Gasteiger partial charge on any atom is 0.338 e. The Morgan fingerprint density at radius 2 is 1.95 bits per heavy atom. The average molecular weight is 539 g/mol. The van der Waals surface area contributed by atoms with Crippen molar-refractivity contribution in [1.29, 1.82) is 0 Å². The van der Waals surface area contributed by atoms with Crippen LogP contribution in [0.4, 0.5) is 0 Å². The highest BCUT2D eigenvalue weighted by Crippen LogP contribution is 2.47. The number of methoxy groups -OCH3 is 3. The van der Waals surface area contributed by atoms with Crippen LogP contribution in [-0.4, -0.2) is 61.5 Å². The molecule has 1 aromatic heterocycles. The molecule has 2 aromatic rings. The van der Waals surface area contributed by atoms with Gasteiger partial charge in [0.15, 0.2) is 5.17 Å². The molecule has 0 saturated heterocycles. The lowest BCUT2D eigenvalue weighted by molar-refractivity contribution is -0.141. The predicted octanol–water partition coefficient (Wildman–Crippen LogP) is 3.57. The number of nitrogens with zero attached hydrogens (tertiary/aromatic N) is 3. The van der Waals surface area contributed by atoms with Crippen LogP contribution in [0.2, 0.25) is 0 Å². The summed E-state index contributed by atoms with van der Waals surface area (Å²) in [4.78, 5) is 37.1. The maximum absolute atomic E-state index is 13.4. The Bertz CT molecular complexity index is 1280. The summed E-state index contributed by atoms with van der Waals surface area (Å²) in [6.07, 6.45) is 1.77. The number of hydrogen-bond donors (Lipinski definition) is 1. The number of fused-ring (bicyclic) bond motifs is 1. The third-order valence-corrected chi connectivity index (χ3v) is 6.90. The van der Waals surface area contributed by atoms with Crippen LogP contribution in [0.3, 0.4) is 0 Å². The van der Waals surface area contributed by atoms with Crippen LogP contribution < -0.4 is 14.8 Å². The molecule has 2 aliphatic heterocycles. The fraction of sp³-hybridized carbons (Fsp3) is 0.333. The molecule has 3 heterocycles. The third-order valence-electron chi connectivity index (χ3n) is 6.01. The molecular weight excluding hydrogens is 508 g/mol. The highest BCUT2D eigenvalue weighted by atomic mass is 32.2. The number of pyridine rings is 1. The summed E-state index contributed by atoms with van der Waals surface area (Å²) in [5, 5.41) is 5.46. The Hall–Kier alpha value is -3.83. The number of hydrogen-bond acceptors (Lipinski definition) is 10. The molecule has 0 spiro atoms. The van der Waals surface area contributed by atoms with Gasteiger partial charge < -0.3 is 29.2 Å². The van der Waals surface area contributed by atoms with E-state index < -0.39 is 12.0 Å². The largest absolute Gasteiger partial charge is 0.497 e. The van der Waals surface area contributed by atoms with Crippen LogP contribution in [0.1, 0.15) is 30.6 Å². The smallest absolute Gasteiger partial charge is 0.338 e. The van der Waals surface area contributed by atoms with E-state index in [-0.39, 0.29) is 25.5 Å². The van der Waals surface area contributed by atoms with E-state index in [2.05, 4.69) is 15.3 Å². The number of aromatic nitrogens is 1. The number of ether oxygens (including phenoxy) is 4. The molecule has 0 aliphatic carbocycles. The van der Waals surface area contributed by atoms with E-state index in [0.717, 1.165) is 5.69 Å². The standard InChI is InChI=1S/C27H30N4O6S/c1-17-24(26(33)37-12-11-34-2)25(21-9-8-20(35-3)14-22(21)36-4)31-19(16-38-27(31)30-17)13-23(32)29-15-18-7-5-6-10-28-18/h5-10,14,16,25H,11-13,15H2,1-4H3,(H,29,32)/t25-/m1/s1. The normalized spacial score (nSPS) is 16.4. The summed E-state index contributed by atoms with van der Waals surface area (Å²) in [5.74, 6) is 0.447. The molecule has 0 bridgehead atoms. The summed E-state index contributed by atoms with van der Waals surface area (Å²) in [6.45, 7) is 2.46. The summed E-state index contributed by atoms with van der Waals surface area (Å²) >= 11 is 1.40. The van der Waals surface area contributed by atoms with E-state index in [1.54, 1.807) is 39.5 Å². The number of aliphatic imine (C=N–C) groups is 1. The molecule has 2 aliphatic rings. The molecule has 1 aromatic carbocycles.